The van der Waals surface area contributed by atoms with Crippen molar-refractivity contribution in [1.29, 1.82) is 0 Å². The number of rotatable bonds is 3. The van der Waals surface area contributed by atoms with Gasteiger partial charge in [-0.1, -0.05) is 0 Å². The van der Waals surface area contributed by atoms with Gasteiger partial charge in [-0.3, -0.25) is 4.79 Å². The van der Waals surface area contributed by atoms with Crippen LogP contribution in [0, 0.1) is 0 Å². The van der Waals surface area contributed by atoms with E-state index in [2.05, 4.69) is 37.1 Å². The number of H-pyrrole nitrogens is 1. The van der Waals surface area contributed by atoms with Crippen LogP contribution in [0.5, 0.6) is 0 Å². The molecule has 0 atom stereocenters. The van der Waals surface area contributed by atoms with Crippen molar-refractivity contribution in [2.45, 2.75) is 0 Å². The molecular weight excluding hydrogens is 378 g/mol. The third kappa shape index (κ3) is 3.11. The van der Waals surface area contributed by atoms with Crippen LogP contribution in [0.15, 0.2) is 46.7 Å². The molecule has 1 aliphatic rings. The standard InChI is InChI=1S/C19H17N5OS2/c25-18(13-1-2-15-16(9-13)21-12-20-15)23-4-6-24(7-5-23)19-22-17(11-27-19)14-3-8-26-10-14/h1-3,8-12H,4-7H2,(H,20,21). The fourth-order valence-corrected chi connectivity index (χ4v) is 4.84. The number of nitrogens with one attached hydrogen (secondary N) is 1. The summed E-state index contributed by atoms with van der Waals surface area (Å²) in [5, 5.41) is 7.32. The molecule has 1 fully saturated rings. The van der Waals surface area contributed by atoms with Crippen LogP contribution < -0.4 is 4.90 Å². The van der Waals surface area contributed by atoms with Gasteiger partial charge in [0.15, 0.2) is 5.13 Å². The van der Waals surface area contributed by atoms with E-state index in [9.17, 15) is 4.79 Å². The molecule has 136 valence electrons. The molecule has 5 rings (SSSR count). The summed E-state index contributed by atoms with van der Waals surface area (Å²) in [6, 6.07) is 7.71. The fraction of sp³-hybridized carbons (Fsp3) is 0.211. The molecule has 6 nitrogen and oxygen atoms in total. The number of amides is 1. The number of fused-ring (bicyclic) bond motifs is 1. The van der Waals surface area contributed by atoms with E-state index >= 15 is 0 Å². The monoisotopic (exact) mass is 395 g/mol. The Balaban J connectivity index is 1.26. The molecular formula is C19H17N5OS2. The van der Waals surface area contributed by atoms with E-state index in [0.29, 0.717) is 18.7 Å². The second-order valence-corrected chi connectivity index (χ2v) is 8.06. The molecule has 8 heteroatoms. The minimum Gasteiger partial charge on any atom is -0.345 e. The number of thiazole rings is 1. The summed E-state index contributed by atoms with van der Waals surface area (Å²) in [7, 11) is 0. The van der Waals surface area contributed by atoms with Gasteiger partial charge in [0.05, 0.1) is 23.1 Å². The highest BCUT2D eigenvalue weighted by molar-refractivity contribution is 7.14. The number of hydrogen-bond donors (Lipinski definition) is 1. The predicted octanol–water partition coefficient (Wildman–Crippen LogP) is 3.71. The van der Waals surface area contributed by atoms with Gasteiger partial charge in [-0.25, -0.2) is 9.97 Å². The third-order valence-corrected chi connectivity index (χ3v) is 6.40. The lowest BCUT2D eigenvalue weighted by atomic mass is 10.1. The fourth-order valence-electron chi connectivity index (χ4n) is 3.30. The van der Waals surface area contributed by atoms with Crippen LogP contribution in [0.25, 0.3) is 22.3 Å². The number of carbonyl (C=O) groups is 1. The maximum Gasteiger partial charge on any atom is 0.254 e. The highest BCUT2D eigenvalue weighted by Crippen LogP contribution is 2.29. The van der Waals surface area contributed by atoms with Crippen molar-refractivity contribution in [2.75, 3.05) is 31.1 Å². The highest BCUT2D eigenvalue weighted by Gasteiger charge is 2.24. The van der Waals surface area contributed by atoms with Crippen molar-refractivity contribution in [3.8, 4) is 11.3 Å². The van der Waals surface area contributed by atoms with Crippen molar-refractivity contribution in [3.63, 3.8) is 0 Å². The number of benzene rings is 1. The van der Waals surface area contributed by atoms with E-state index in [0.717, 1.165) is 34.9 Å². The second-order valence-electron chi connectivity index (χ2n) is 6.44. The molecule has 4 heterocycles. The summed E-state index contributed by atoms with van der Waals surface area (Å²) < 4.78 is 0. The van der Waals surface area contributed by atoms with Gasteiger partial charge in [0, 0.05) is 48.1 Å². The Kier molecular flexibility index (Phi) is 4.14. The van der Waals surface area contributed by atoms with Gasteiger partial charge in [-0.05, 0) is 29.6 Å². The lowest BCUT2D eigenvalue weighted by molar-refractivity contribution is 0.0747. The largest absolute Gasteiger partial charge is 0.345 e. The molecule has 1 aromatic carbocycles. The SMILES string of the molecule is O=C(c1ccc2nc[nH]c2c1)N1CCN(c2nc(-c3ccsc3)cs2)CC1. The van der Waals surface area contributed by atoms with E-state index in [4.69, 9.17) is 4.98 Å². The number of thiophene rings is 1. The van der Waals surface area contributed by atoms with Crippen molar-refractivity contribution >= 4 is 44.7 Å². The van der Waals surface area contributed by atoms with Gasteiger partial charge in [0.25, 0.3) is 5.91 Å². The quantitative estimate of drug-likeness (QED) is 0.574. The maximum absolute atomic E-state index is 12.8. The zero-order chi connectivity index (χ0) is 18.2. The Hall–Kier alpha value is -2.71. The first-order chi connectivity index (χ1) is 13.3. The first-order valence-electron chi connectivity index (χ1n) is 8.73. The van der Waals surface area contributed by atoms with E-state index in [-0.39, 0.29) is 5.91 Å². The molecule has 0 spiro atoms. The molecule has 0 unspecified atom stereocenters. The van der Waals surface area contributed by atoms with Crippen LogP contribution in [-0.2, 0) is 0 Å². The number of hydrogen-bond acceptors (Lipinski definition) is 6. The van der Waals surface area contributed by atoms with Crippen molar-refractivity contribution < 1.29 is 4.79 Å². The summed E-state index contributed by atoms with van der Waals surface area (Å²) in [4.78, 5) is 29.1. The van der Waals surface area contributed by atoms with Crippen molar-refractivity contribution in [2.24, 2.45) is 0 Å². The van der Waals surface area contributed by atoms with Crippen LogP contribution in [-0.4, -0.2) is 51.9 Å². The molecule has 1 aliphatic heterocycles. The summed E-state index contributed by atoms with van der Waals surface area (Å²) in [5.74, 6) is 0.0734. The summed E-state index contributed by atoms with van der Waals surface area (Å²) >= 11 is 3.35. The van der Waals surface area contributed by atoms with Crippen LogP contribution in [0.4, 0.5) is 5.13 Å². The van der Waals surface area contributed by atoms with Gasteiger partial charge in [0.1, 0.15) is 0 Å². The number of piperazine rings is 1. The van der Waals surface area contributed by atoms with Crippen LogP contribution in [0.2, 0.25) is 0 Å². The highest BCUT2D eigenvalue weighted by atomic mass is 32.1. The van der Waals surface area contributed by atoms with Crippen LogP contribution in [0.3, 0.4) is 0 Å². The Labute approximate surface area is 164 Å². The van der Waals surface area contributed by atoms with Gasteiger partial charge < -0.3 is 14.8 Å². The Bertz CT molecular complexity index is 1080. The van der Waals surface area contributed by atoms with Gasteiger partial charge in [0.2, 0.25) is 0 Å². The lowest BCUT2D eigenvalue weighted by Gasteiger charge is -2.34. The molecule has 0 aliphatic carbocycles. The van der Waals surface area contributed by atoms with E-state index < -0.39 is 0 Å². The van der Waals surface area contributed by atoms with E-state index in [1.54, 1.807) is 29.0 Å². The van der Waals surface area contributed by atoms with Crippen LogP contribution in [0.1, 0.15) is 10.4 Å². The average molecular weight is 396 g/mol. The molecule has 0 bridgehead atoms. The molecule has 27 heavy (non-hydrogen) atoms. The first-order valence-corrected chi connectivity index (χ1v) is 10.6. The van der Waals surface area contributed by atoms with Crippen molar-refractivity contribution in [1.82, 2.24) is 19.9 Å². The molecule has 0 radical (unpaired) electrons. The second kappa shape index (κ2) is 6.79. The number of aromatic nitrogens is 3. The molecule has 1 N–H and O–H groups in total. The number of carbonyl (C=O) groups excluding carboxylic acids is 1. The summed E-state index contributed by atoms with van der Waals surface area (Å²) in [6.07, 6.45) is 1.65. The minimum absolute atomic E-state index is 0.0734. The summed E-state index contributed by atoms with van der Waals surface area (Å²) in [5.41, 5.74) is 4.67. The lowest BCUT2D eigenvalue weighted by Crippen LogP contribution is -2.48. The zero-order valence-electron chi connectivity index (χ0n) is 14.5. The third-order valence-electron chi connectivity index (χ3n) is 4.81. The van der Waals surface area contributed by atoms with Crippen LogP contribution >= 0.6 is 22.7 Å². The minimum atomic E-state index is 0.0734. The number of nitrogens with zero attached hydrogens (tertiary/aromatic N) is 4. The molecule has 4 aromatic rings. The number of anilines is 1. The van der Waals surface area contributed by atoms with Crippen molar-refractivity contribution in [3.05, 3.63) is 52.3 Å². The first kappa shape index (κ1) is 16.5. The molecule has 1 saturated heterocycles. The zero-order valence-corrected chi connectivity index (χ0v) is 16.1. The van der Waals surface area contributed by atoms with E-state index in [1.165, 1.54) is 5.56 Å². The topological polar surface area (TPSA) is 65.1 Å². The maximum atomic E-state index is 12.8. The Morgan fingerprint density at radius 3 is 2.81 bits per heavy atom. The smallest absolute Gasteiger partial charge is 0.254 e. The van der Waals surface area contributed by atoms with Gasteiger partial charge in [-0.2, -0.15) is 11.3 Å². The average Bonchev–Trinajstić information content (AvgIpc) is 3.48. The number of aromatic amines is 1. The molecule has 0 saturated carbocycles. The predicted molar refractivity (Wildman–Crippen MR) is 110 cm³/mol. The number of imidazole rings is 1. The van der Waals surface area contributed by atoms with Gasteiger partial charge >= 0.3 is 0 Å². The Morgan fingerprint density at radius 2 is 2.00 bits per heavy atom. The Morgan fingerprint density at radius 1 is 1.11 bits per heavy atom. The van der Waals surface area contributed by atoms with Gasteiger partial charge in [-0.15, -0.1) is 11.3 Å². The van der Waals surface area contributed by atoms with E-state index in [1.807, 2.05) is 23.1 Å². The molecule has 1 amide bonds. The normalized spacial score (nSPS) is 14.8. The molecule has 3 aromatic heterocycles. The summed E-state index contributed by atoms with van der Waals surface area (Å²) in [6.45, 7) is 3.00.